The molecule has 1 N–H and O–H groups in total. The van der Waals surface area contributed by atoms with E-state index in [2.05, 4.69) is 16.3 Å². The first-order valence-corrected chi connectivity index (χ1v) is 7.22. The molecule has 1 atom stereocenters. The quantitative estimate of drug-likeness (QED) is 0.916. The standard InChI is InChI=1S/C15H20F2N2O/c16-15(17)10-13(19-6-4-18-5-7-19)11-1-2-14-12(9-11)3-8-20-14/h1-2,9,13,15,18H,3-8,10H2/t13-/m0/s1. The minimum atomic E-state index is -2.28. The topological polar surface area (TPSA) is 24.5 Å². The Morgan fingerprint density at radius 3 is 2.80 bits per heavy atom. The lowest BCUT2D eigenvalue weighted by atomic mass is 9.98. The molecule has 2 heterocycles. The van der Waals surface area contributed by atoms with E-state index in [0.29, 0.717) is 6.61 Å². The first-order valence-electron chi connectivity index (χ1n) is 7.22. The van der Waals surface area contributed by atoms with E-state index >= 15 is 0 Å². The summed E-state index contributed by atoms with van der Waals surface area (Å²) in [5.74, 6) is 0.907. The van der Waals surface area contributed by atoms with Crippen LogP contribution in [0.5, 0.6) is 5.75 Å². The second-order valence-electron chi connectivity index (χ2n) is 5.39. The molecule has 1 aromatic carbocycles. The zero-order valence-corrected chi connectivity index (χ0v) is 11.4. The van der Waals surface area contributed by atoms with Gasteiger partial charge >= 0.3 is 0 Å². The van der Waals surface area contributed by atoms with Gasteiger partial charge in [-0.05, 0) is 17.2 Å². The number of alkyl halides is 2. The number of nitrogens with zero attached hydrogens (tertiary/aromatic N) is 1. The van der Waals surface area contributed by atoms with Gasteiger partial charge in [0.2, 0.25) is 6.43 Å². The number of nitrogens with one attached hydrogen (secondary N) is 1. The highest BCUT2D eigenvalue weighted by atomic mass is 19.3. The normalized spacial score (nSPS) is 20.8. The lowest BCUT2D eigenvalue weighted by Crippen LogP contribution is -2.45. The fourth-order valence-electron chi connectivity index (χ4n) is 3.07. The van der Waals surface area contributed by atoms with Gasteiger partial charge in [-0.15, -0.1) is 0 Å². The number of piperazine rings is 1. The molecule has 0 radical (unpaired) electrons. The lowest BCUT2D eigenvalue weighted by Gasteiger charge is -2.35. The molecule has 0 saturated carbocycles. The van der Waals surface area contributed by atoms with Crippen LogP contribution in [-0.2, 0) is 6.42 Å². The Morgan fingerprint density at radius 2 is 2.05 bits per heavy atom. The Kier molecular flexibility index (Phi) is 4.17. The molecule has 2 aliphatic rings. The molecule has 3 nitrogen and oxygen atoms in total. The lowest BCUT2D eigenvalue weighted by molar-refractivity contribution is 0.0739. The fraction of sp³-hybridized carbons (Fsp3) is 0.600. The second-order valence-corrected chi connectivity index (χ2v) is 5.39. The summed E-state index contributed by atoms with van der Waals surface area (Å²) < 4.78 is 31.4. The number of fused-ring (bicyclic) bond motifs is 1. The first-order chi connectivity index (χ1) is 9.74. The van der Waals surface area contributed by atoms with Gasteiger partial charge in [-0.3, -0.25) is 4.90 Å². The van der Waals surface area contributed by atoms with E-state index in [1.807, 2.05) is 12.1 Å². The van der Waals surface area contributed by atoms with E-state index in [9.17, 15) is 8.78 Å². The molecular weight excluding hydrogens is 262 g/mol. The molecule has 5 heteroatoms. The Balaban J connectivity index is 1.83. The smallest absolute Gasteiger partial charge is 0.240 e. The third-order valence-corrected chi connectivity index (χ3v) is 4.09. The van der Waals surface area contributed by atoms with Gasteiger partial charge in [0.15, 0.2) is 0 Å². The molecule has 0 spiro atoms. The van der Waals surface area contributed by atoms with E-state index in [0.717, 1.165) is 49.5 Å². The maximum atomic E-state index is 12.9. The van der Waals surface area contributed by atoms with Gasteiger partial charge in [-0.2, -0.15) is 0 Å². The van der Waals surface area contributed by atoms with Crippen LogP contribution in [0.1, 0.15) is 23.6 Å². The molecule has 3 rings (SSSR count). The van der Waals surface area contributed by atoms with E-state index < -0.39 is 6.43 Å². The van der Waals surface area contributed by atoms with E-state index in [1.165, 1.54) is 0 Å². The van der Waals surface area contributed by atoms with Crippen LogP contribution in [0.3, 0.4) is 0 Å². The van der Waals surface area contributed by atoms with Gasteiger partial charge in [-0.1, -0.05) is 12.1 Å². The highest BCUT2D eigenvalue weighted by Crippen LogP contribution is 2.33. The zero-order chi connectivity index (χ0) is 13.9. The number of ether oxygens (including phenoxy) is 1. The van der Waals surface area contributed by atoms with Crippen molar-refractivity contribution >= 4 is 0 Å². The number of rotatable bonds is 4. The van der Waals surface area contributed by atoms with E-state index in [4.69, 9.17) is 4.74 Å². The van der Waals surface area contributed by atoms with Gasteiger partial charge < -0.3 is 10.1 Å². The van der Waals surface area contributed by atoms with Crippen molar-refractivity contribution in [1.82, 2.24) is 10.2 Å². The maximum Gasteiger partial charge on any atom is 0.240 e. The molecule has 0 bridgehead atoms. The summed E-state index contributed by atoms with van der Waals surface area (Å²) in [5.41, 5.74) is 2.15. The predicted octanol–water partition coefficient (Wildman–Crippen LogP) is 2.22. The fourth-order valence-corrected chi connectivity index (χ4v) is 3.07. The van der Waals surface area contributed by atoms with Gasteiger partial charge in [0.25, 0.3) is 0 Å². The summed E-state index contributed by atoms with van der Waals surface area (Å²) in [5, 5.41) is 3.27. The van der Waals surface area contributed by atoms with Crippen molar-refractivity contribution in [3.05, 3.63) is 29.3 Å². The maximum absolute atomic E-state index is 12.9. The molecule has 1 fully saturated rings. The second kappa shape index (κ2) is 6.06. The average molecular weight is 282 g/mol. The van der Waals surface area contributed by atoms with Crippen molar-refractivity contribution in [2.75, 3.05) is 32.8 Å². The highest BCUT2D eigenvalue weighted by molar-refractivity contribution is 5.40. The van der Waals surface area contributed by atoms with Gasteiger partial charge in [-0.25, -0.2) is 8.78 Å². The minimum absolute atomic E-state index is 0.0976. The molecular formula is C15H20F2N2O. The molecule has 1 saturated heterocycles. The molecule has 0 unspecified atom stereocenters. The van der Waals surface area contributed by atoms with Gasteiger partial charge in [0.1, 0.15) is 5.75 Å². The Bertz CT molecular complexity index is 461. The van der Waals surface area contributed by atoms with Crippen LogP contribution < -0.4 is 10.1 Å². The Labute approximate surface area is 117 Å². The third-order valence-electron chi connectivity index (χ3n) is 4.09. The predicted molar refractivity (Wildman–Crippen MR) is 73.4 cm³/mol. The molecule has 110 valence electrons. The molecule has 1 aromatic rings. The molecule has 0 aromatic heterocycles. The van der Waals surface area contributed by atoms with Crippen LogP contribution in [0, 0.1) is 0 Å². The van der Waals surface area contributed by atoms with Crippen LogP contribution in [0.15, 0.2) is 18.2 Å². The minimum Gasteiger partial charge on any atom is -0.493 e. The monoisotopic (exact) mass is 282 g/mol. The Morgan fingerprint density at radius 1 is 1.25 bits per heavy atom. The number of hydrogen-bond acceptors (Lipinski definition) is 3. The third kappa shape index (κ3) is 2.94. The molecule has 0 aliphatic carbocycles. The van der Waals surface area contributed by atoms with E-state index in [1.54, 1.807) is 0 Å². The van der Waals surface area contributed by atoms with Crippen molar-refractivity contribution in [1.29, 1.82) is 0 Å². The van der Waals surface area contributed by atoms with E-state index in [-0.39, 0.29) is 12.5 Å². The van der Waals surface area contributed by atoms with Crippen LogP contribution in [0.2, 0.25) is 0 Å². The highest BCUT2D eigenvalue weighted by Gasteiger charge is 2.26. The van der Waals surface area contributed by atoms with Crippen LogP contribution in [0.4, 0.5) is 8.78 Å². The summed E-state index contributed by atoms with van der Waals surface area (Å²) in [4.78, 5) is 2.17. The van der Waals surface area contributed by atoms with Crippen LogP contribution in [0.25, 0.3) is 0 Å². The largest absolute Gasteiger partial charge is 0.493 e. The van der Waals surface area contributed by atoms with Gasteiger partial charge in [0.05, 0.1) is 6.61 Å². The van der Waals surface area contributed by atoms with Crippen molar-refractivity contribution in [3.8, 4) is 5.75 Å². The van der Waals surface area contributed by atoms with Gasteiger partial charge in [0, 0.05) is 45.1 Å². The molecule has 0 amide bonds. The first kappa shape index (κ1) is 13.8. The van der Waals surface area contributed by atoms with Crippen LogP contribution in [-0.4, -0.2) is 44.1 Å². The zero-order valence-electron chi connectivity index (χ0n) is 11.4. The van der Waals surface area contributed by atoms with Crippen molar-refractivity contribution in [2.45, 2.75) is 25.3 Å². The number of benzene rings is 1. The van der Waals surface area contributed by atoms with Crippen molar-refractivity contribution in [3.63, 3.8) is 0 Å². The molecule has 2 aliphatic heterocycles. The Hall–Kier alpha value is -1.20. The van der Waals surface area contributed by atoms with Crippen molar-refractivity contribution < 1.29 is 13.5 Å². The average Bonchev–Trinajstić information content (AvgIpc) is 2.93. The number of hydrogen-bond donors (Lipinski definition) is 1. The summed E-state index contributed by atoms with van der Waals surface area (Å²) in [6.45, 7) is 4.09. The molecule has 20 heavy (non-hydrogen) atoms. The summed E-state index contributed by atoms with van der Waals surface area (Å²) in [7, 11) is 0. The number of halogens is 2. The summed E-state index contributed by atoms with van der Waals surface area (Å²) >= 11 is 0. The SMILES string of the molecule is FC(F)C[C@@H](c1ccc2c(c1)CCO2)N1CCNCC1. The van der Waals surface area contributed by atoms with Crippen molar-refractivity contribution in [2.24, 2.45) is 0 Å². The van der Waals surface area contributed by atoms with Crippen LogP contribution >= 0.6 is 0 Å². The summed E-state index contributed by atoms with van der Waals surface area (Å²) in [6.07, 6.45) is -1.49. The summed E-state index contributed by atoms with van der Waals surface area (Å²) in [6, 6.07) is 5.73.